The highest BCUT2D eigenvalue weighted by molar-refractivity contribution is 5.81. The SMILES string of the molecule is CCCC1CCC(=O)C(CC(F)F)C1. The van der Waals surface area contributed by atoms with E-state index < -0.39 is 6.43 Å². The molecule has 1 fully saturated rings. The third kappa shape index (κ3) is 3.35. The lowest BCUT2D eigenvalue weighted by Gasteiger charge is -2.27. The number of carbonyl (C=O) groups excluding carboxylic acids is 1. The predicted molar refractivity (Wildman–Crippen MR) is 51.4 cm³/mol. The van der Waals surface area contributed by atoms with E-state index in [0.717, 1.165) is 19.3 Å². The van der Waals surface area contributed by atoms with E-state index >= 15 is 0 Å². The number of alkyl halides is 2. The normalized spacial score (nSPS) is 28.4. The fraction of sp³-hybridized carbons (Fsp3) is 0.909. The summed E-state index contributed by atoms with van der Waals surface area (Å²) in [4.78, 5) is 11.3. The van der Waals surface area contributed by atoms with Gasteiger partial charge in [-0.15, -0.1) is 0 Å². The highest BCUT2D eigenvalue weighted by atomic mass is 19.3. The highest BCUT2D eigenvalue weighted by Gasteiger charge is 2.30. The van der Waals surface area contributed by atoms with Gasteiger partial charge in [-0.25, -0.2) is 8.78 Å². The molecule has 1 saturated carbocycles. The predicted octanol–water partition coefficient (Wildman–Crippen LogP) is 3.43. The minimum atomic E-state index is -2.33. The quantitative estimate of drug-likeness (QED) is 0.685. The van der Waals surface area contributed by atoms with Crippen LogP contribution in [0.5, 0.6) is 0 Å². The van der Waals surface area contributed by atoms with Crippen LogP contribution in [0.2, 0.25) is 0 Å². The van der Waals surface area contributed by atoms with E-state index in [1.807, 2.05) is 0 Å². The van der Waals surface area contributed by atoms with Crippen molar-refractivity contribution in [2.75, 3.05) is 0 Å². The van der Waals surface area contributed by atoms with Crippen molar-refractivity contribution >= 4 is 5.78 Å². The van der Waals surface area contributed by atoms with Gasteiger partial charge in [0.1, 0.15) is 5.78 Å². The lowest BCUT2D eigenvalue weighted by molar-refractivity contribution is -0.127. The molecule has 14 heavy (non-hydrogen) atoms. The maximum absolute atomic E-state index is 12.2. The number of Topliss-reactive ketones (excluding diaryl/α,β-unsaturated/α-hetero) is 1. The number of hydrogen-bond acceptors (Lipinski definition) is 1. The van der Waals surface area contributed by atoms with Crippen LogP contribution in [0.25, 0.3) is 0 Å². The summed E-state index contributed by atoms with van der Waals surface area (Å²) in [5.74, 6) is 0.194. The molecule has 0 bridgehead atoms. The monoisotopic (exact) mass is 204 g/mol. The smallest absolute Gasteiger partial charge is 0.239 e. The molecule has 0 aromatic heterocycles. The molecule has 0 spiro atoms. The van der Waals surface area contributed by atoms with Crippen LogP contribution in [0.1, 0.15) is 45.4 Å². The largest absolute Gasteiger partial charge is 0.299 e. The lowest BCUT2D eigenvalue weighted by Crippen LogP contribution is -2.26. The Morgan fingerprint density at radius 1 is 1.50 bits per heavy atom. The summed E-state index contributed by atoms with van der Waals surface area (Å²) in [5, 5.41) is 0. The van der Waals surface area contributed by atoms with Crippen LogP contribution in [0.15, 0.2) is 0 Å². The summed E-state index contributed by atoms with van der Waals surface area (Å²) in [7, 11) is 0. The zero-order valence-corrected chi connectivity index (χ0v) is 8.64. The molecule has 1 rings (SSSR count). The second-order valence-electron chi connectivity index (χ2n) is 4.22. The van der Waals surface area contributed by atoms with Crippen molar-refractivity contribution in [1.29, 1.82) is 0 Å². The Morgan fingerprint density at radius 3 is 2.79 bits per heavy atom. The standard InChI is InChI=1S/C11H18F2O/c1-2-3-8-4-5-10(14)9(6-8)7-11(12)13/h8-9,11H,2-7H2,1H3. The fourth-order valence-electron chi connectivity index (χ4n) is 2.32. The molecule has 3 heteroatoms. The van der Waals surface area contributed by atoms with Gasteiger partial charge in [0, 0.05) is 18.8 Å². The van der Waals surface area contributed by atoms with Gasteiger partial charge < -0.3 is 0 Å². The molecule has 0 aliphatic heterocycles. The summed E-state index contributed by atoms with van der Waals surface area (Å²) >= 11 is 0. The molecule has 0 heterocycles. The minimum absolute atomic E-state index is 0.0534. The molecule has 1 nitrogen and oxygen atoms in total. The molecular formula is C11H18F2O. The van der Waals surface area contributed by atoms with E-state index in [1.54, 1.807) is 0 Å². The molecule has 1 aliphatic rings. The molecule has 0 amide bonds. The lowest BCUT2D eigenvalue weighted by atomic mass is 9.77. The van der Waals surface area contributed by atoms with E-state index in [1.165, 1.54) is 0 Å². The summed E-state index contributed by atoms with van der Waals surface area (Å²) in [6.45, 7) is 2.10. The van der Waals surface area contributed by atoms with Crippen molar-refractivity contribution in [2.45, 2.75) is 51.9 Å². The third-order valence-corrected chi connectivity index (χ3v) is 3.03. The second-order valence-corrected chi connectivity index (χ2v) is 4.22. The van der Waals surface area contributed by atoms with E-state index in [4.69, 9.17) is 0 Å². The third-order valence-electron chi connectivity index (χ3n) is 3.03. The van der Waals surface area contributed by atoms with Crippen LogP contribution in [0.3, 0.4) is 0 Å². The van der Waals surface area contributed by atoms with Crippen molar-refractivity contribution in [1.82, 2.24) is 0 Å². The Labute approximate surface area is 83.9 Å². The molecule has 2 atom stereocenters. The molecule has 0 aromatic rings. The average Bonchev–Trinajstić information content (AvgIpc) is 2.10. The van der Waals surface area contributed by atoms with Crippen molar-refractivity contribution in [3.8, 4) is 0 Å². The zero-order valence-electron chi connectivity index (χ0n) is 8.64. The van der Waals surface area contributed by atoms with Gasteiger partial charge in [-0.3, -0.25) is 4.79 Å². The molecule has 2 unspecified atom stereocenters. The molecule has 0 aromatic carbocycles. The maximum Gasteiger partial charge on any atom is 0.239 e. The van der Waals surface area contributed by atoms with E-state index in [9.17, 15) is 13.6 Å². The number of halogens is 2. The van der Waals surface area contributed by atoms with Gasteiger partial charge in [0.2, 0.25) is 6.43 Å². The van der Waals surface area contributed by atoms with E-state index in [-0.39, 0.29) is 18.1 Å². The molecule has 0 radical (unpaired) electrons. The van der Waals surface area contributed by atoms with Crippen molar-refractivity contribution in [3.63, 3.8) is 0 Å². The summed E-state index contributed by atoms with van der Waals surface area (Å²) in [6, 6.07) is 0. The topological polar surface area (TPSA) is 17.1 Å². The summed E-state index contributed by atoms with van der Waals surface area (Å²) in [5.41, 5.74) is 0. The van der Waals surface area contributed by atoms with Crippen molar-refractivity contribution in [2.24, 2.45) is 11.8 Å². The Kier molecular flexibility index (Phi) is 4.49. The molecular weight excluding hydrogens is 186 g/mol. The van der Waals surface area contributed by atoms with Gasteiger partial charge in [-0.05, 0) is 18.8 Å². The number of rotatable bonds is 4. The first-order chi connectivity index (χ1) is 6.63. The van der Waals surface area contributed by atoms with E-state index in [2.05, 4.69) is 6.92 Å². The van der Waals surface area contributed by atoms with Crippen molar-refractivity contribution in [3.05, 3.63) is 0 Å². The molecule has 0 saturated heterocycles. The first kappa shape index (κ1) is 11.6. The summed E-state index contributed by atoms with van der Waals surface area (Å²) < 4.78 is 24.3. The van der Waals surface area contributed by atoms with Crippen LogP contribution in [-0.4, -0.2) is 12.2 Å². The number of hydrogen-bond donors (Lipinski definition) is 0. The Hall–Kier alpha value is -0.470. The van der Waals surface area contributed by atoms with Crippen LogP contribution in [-0.2, 0) is 4.79 Å². The Bertz CT molecular complexity index is 192. The van der Waals surface area contributed by atoms with Crippen molar-refractivity contribution < 1.29 is 13.6 Å². The van der Waals surface area contributed by atoms with Crippen LogP contribution in [0, 0.1) is 11.8 Å². The van der Waals surface area contributed by atoms with Gasteiger partial charge >= 0.3 is 0 Å². The van der Waals surface area contributed by atoms with E-state index in [0.29, 0.717) is 18.8 Å². The first-order valence-corrected chi connectivity index (χ1v) is 5.44. The van der Waals surface area contributed by atoms with Crippen LogP contribution < -0.4 is 0 Å². The van der Waals surface area contributed by atoms with Crippen LogP contribution >= 0.6 is 0 Å². The van der Waals surface area contributed by atoms with Gasteiger partial charge in [-0.1, -0.05) is 19.8 Å². The first-order valence-electron chi connectivity index (χ1n) is 5.44. The maximum atomic E-state index is 12.2. The minimum Gasteiger partial charge on any atom is -0.299 e. The number of ketones is 1. The van der Waals surface area contributed by atoms with Gasteiger partial charge in [0.25, 0.3) is 0 Å². The highest BCUT2D eigenvalue weighted by Crippen LogP contribution is 2.32. The van der Waals surface area contributed by atoms with Gasteiger partial charge in [0.15, 0.2) is 0 Å². The van der Waals surface area contributed by atoms with Gasteiger partial charge in [-0.2, -0.15) is 0 Å². The Morgan fingerprint density at radius 2 is 2.21 bits per heavy atom. The molecule has 0 N–H and O–H groups in total. The second kappa shape index (κ2) is 5.42. The summed E-state index contributed by atoms with van der Waals surface area (Å²) in [6.07, 6.45) is 1.72. The molecule has 1 aliphatic carbocycles. The molecule has 82 valence electrons. The van der Waals surface area contributed by atoms with Crippen LogP contribution in [0.4, 0.5) is 8.78 Å². The Balaban J connectivity index is 2.42. The number of carbonyl (C=O) groups is 1. The fourth-order valence-corrected chi connectivity index (χ4v) is 2.32. The zero-order chi connectivity index (χ0) is 10.6. The average molecular weight is 204 g/mol. The van der Waals surface area contributed by atoms with Gasteiger partial charge in [0.05, 0.1) is 0 Å².